The van der Waals surface area contributed by atoms with Gasteiger partial charge in [-0.3, -0.25) is 0 Å². The monoisotopic (exact) mass is 421 g/mol. The van der Waals surface area contributed by atoms with E-state index in [0.29, 0.717) is 23.7 Å². The van der Waals surface area contributed by atoms with Gasteiger partial charge in [-0.15, -0.1) is 0 Å². The molecule has 3 N–H and O–H groups in total. The van der Waals surface area contributed by atoms with Crippen LogP contribution in [0.5, 0.6) is 0 Å². The number of anilines is 1. The van der Waals surface area contributed by atoms with E-state index in [4.69, 9.17) is 4.74 Å². The number of fused-ring (bicyclic) bond motifs is 1. The fraction of sp³-hybridized carbons (Fsp3) is 0.304. The van der Waals surface area contributed by atoms with Crippen molar-refractivity contribution in [2.45, 2.75) is 33.0 Å². The van der Waals surface area contributed by atoms with Gasteiger partial charge in [0.25, 0.3) is 0 Å². The number of para-hydroxylation sites is 1. The Kier molecular flexibility index (Phi) is 7.37. The minimum absolute atomic E-state index is 0.00785. The molecule has 0 saturated carbocycles. The lowest BCUT2D eigenvalue weighted by atomic mass is 10.0. The molecule has 0 bridgehead atoms. The van der Waals surface area contributed by atoms with Gasteiger partial charge in [-0.05, 0) is 23.6 Å². The summed E-state index contributed by atoms with van der Waals surface area (Å²) in [5, 5.41) is 9.56. The van der Waals surface area contributed by atoms with Crippen LogP contribution < -0.4 is 16.0 Å². The van der Waals surface area contributed by atoms with Gasteiger partial charge in [0.1, 0.15) is 11.9 Å². The topological polar surface area (TPSA) is 105 Å². The quantitative estimate of drug-likeness (QED) is 0.482. The molecule has 0 fully saturated rings. The first-order chi connectivity index (χ1) is 15.0. The molecule has 0 aliphatic rings. The number of ether oxygens (including phenoxy) is 1. The molecule has 1 heterocycles. The molecule has 1 unspecified atom stereocenters. The summed E-state index contributed by atoms with van der Waals surface area (Å²) in [4.78, 5) is 33.5. The van der Waals surface area contributed by atoms with Crippen LogP contribution in [0.2, 0.25) is 0 Å². The maximum atomic E-state index is 12.2. The van der Waals surface area contributed by atoms with Crippen molar-refractivity contribution in [1.82, 2.24) is 20.6 Å². The summed E-state index contributed by atoms with van der Waals surface area (Å²) in [7, 11) is 1.36. The van der Waals surface area contributed by atoms with E-state index in [2.05, 4.69) is 25.9 Å². The number of urea groups is 1. The van der Waals surface area contributed by atoms with Crippen LogP contribution >= 0.6 is 0 Å². The molecule has 3 rings (SSSR count). The predicted octanol–water partition coefficient (Wildman–Crippen LogP) is 3.24. The van der Waals surface area contributed by atoms with Gasteiger partial charge in [0, 0.05) is 11.9 Å². The number of benzene rings is 2. The number of aromatic nitrogens is 2. The van der Waals surface area contributed by atoms with Crippen molar-refractivity contribution in [2.75, 3.05) is 12.4 Å². The molecular formula is C23H27N5O3. The van der Waals surface area contributed by atoms with Crippen molar-refractivity contribution in [3.05, 3.63) is 66.0 Å². The van der Waals surface area contributed by atoms with Crippen LogP contribution in [0.3, 0.4) is 0 Å². The Morgan fingerprint density at radius 3 is 2.32 bits per heavy atom. The molecule has 31 heavy (non-hydrogen) atoms. The number of esters is 1. The first-order valence-corrected chi connectivity index (χ1v) is 10.1. The fourth-order valence-electron chi connectivity index (χ4n) is 3.09. The van der Waals surface area contributed by atoms with Crippen LogP contribution in [-0.4, -0.2) is 35.1 Å². The summed E-state index contributed by atoms with van der Waals surface area (Å²) in [5.74, 6) is 0.587. The molecule has 0 saturated heterocycles. The van der Waals surface area contributed by atoms with Crippen LogP contribution in [0.4, 0.5) is 10.6 Å². The van der Waals surface area contributed by atoms with Crippen LogP contribution in [0.15, 0.2) is 54.6 Å². The SMILES string of the molecule is COC(=O)C(Nc1nc(CNC(=O)NCc2ccccc2)nc2ccccc12)C(C)C. The maximum absolute atomic E-state index is 12.2. The molecule has 2 aromatic carbocycles. The minimum atomic E-state index is -0.557. The molecule has 2 amide bonds. The lowest BCUT2D eigenvalue weighted by Gasteiger charge is -2.21. The molecule has 8 nitrogen and oxygen atoms in total. The van der Waals surface area contributed by atoms with Crippen molar-refractivity contribution in [1.29, 1.82) is 0 Å². The van der Waals surface area contributed by atoms with Gasteiger partial charge >= 0.3 is 12.0 Å². The van der Waals surface area contributed by atoms with Crippen LogP contribution in [0.25, 0.3) is 10.9 Å². The Morgan fingerprint density at radius 2 is 1.61 bits per heavy atom. The lowest BCUT2D eigenvalue weighted by molar-refractivity contribution is -0.142. The van der Waals surface area contributed by atoms with E-state index in [-0.39, 0.29) is 24.5 Å². The Balaban J connectivity index is 1.73. The van der Waals surface area contributed by atoms with Crippen molar-refractivity contribution in [3.8, 4) is 0 Å². The highest BCUT2D eigenvalue weighted by Crippen LogP contribution is 2.22. The summed E-state index contributed by atoms with van der Waals surface area (Å²) in [6.45, 7) is 4.42. The average molecular weight is 422 g/mol. The molecule has 1 atom stereocenters. The van der Waals surface area contributed by atoms with Gasteiger partial charge in [0.05, 0.1) is 19.2 Å². The second kappa shape index (κ2) is 10.4. The van der Waals surface area contributed by atoms with Gasteiger partial charge in [-0.25, -0.2) is 19.6 Å². The Hall–Kier alpha value is -3.68. The molecule has 162 valence electrons. The predicted molar refractivity (Wildman–Crippen MR) is 119 cm³/mol. The Labute approximate surface area is 181 Å². The highest BCUT2D eigenvalue weighted by Gasteiger charge is 2.24. The first kappa shape index (κ1) is 22.0. The van der Waals surface area contributed by atoms with Gasteiger partial charge < -0.3 is 20.7 Å². The third kappa shape index (κ3) is 5.91. The highest BCUT2D eigenvalue weighted by molar-refractivity contribution is 5.91. The average Bonchev–Trinajstić information content (AvgIpc) is 2.79. The number of carbonyl (C=O) groups excluding carboxylic acids is 2. The first-order valence-electron chi connectivity index (χ1n) is 10.1. The van der Waals surface area contributed by atoms with Gasteiger partial charge in [0.15, 0.2) is 5.82 Å². The number of carbonyl (C=O) groups is 2. The number of rotatable bonds is 8. The summed E-state index contributed by atoms with van der Waals surface area (Å²) in [6, 6.07) is 16.3. The molecule has 0 aliphatic heterocycles. The molecule has 3 aromatic rings. The lowest BCUT2D eigenvalue weighted by Crippen LogP contribution is -2.36. The number of hydrogen-bond acceptors (Lipinski definition) is 6. The van der Waals surface area contributed by atoms with Crippen molar-refractivity contribution in [2.24, 2.45) is 5.92 Å². The fourth-order valence-corrected chi connectivity index (χ4v) is 3.09. The van der Waals surface area contributed by atoms with Gasteiger partial charge in [0.2, 0.25) is 0 Å². The summed E-state index contributed by atoms with van der Waals surface area (Å²) in [5.41, 5.74) is 1.72. The number of methoxy groups -OCH3 is 1. The van der Waals surface area contributed by atoms with Crippen molar-refractivity contribution >= 4 is 28.7 Å². The van der Waals surface area contributed by atoms with Gasteiger partial charge in [-0.2, -0.15) is 0 Å². The van der Waals surface area contributed by atoms with E-state index in [0.717, 1.165) is 10.9 Å². The normalized spacial score (nSPS) is 11.7. The molecule has 8 heteroatoms. The zero-order valence-electron chi connectivity index (χ0n) is 17.9. The minimum Gasteiger partial charge on any atom is -0.467 e. The summed E-state index contributed by atoms with van der Waals surface area (Å²) >= 11 is 0. The zero-order valence-corrected chi connectivity index (χ0v) is 17.9. The van der Waals surface area contributed by atoms with Crippen LogP contribution in [-0.2, 0) is 22.6 Å². The third-order valence-electron chi connectivity index (χ3n) is 4.77. The van der Waals surface area contributed by atoms with Crippen LogP contribution in [0, 0.1) is 5.92 Å². The summed E-state index contributed by atoms with van der Waals surface area (Å²) < 4.78 is 4.92. The molecule has 0 radical (unpaired) electrons. The molecule has 0 aliphatic carbocycles. The maximum Gasteiger partial charge on any atom is 0.328 e. The Morgan fingerprint density at radius 1 is 0.935 bits per heavy atom. The number of amides is 2. The zero-order chi connectivity index (χ0) is 22.2. The van der Waals surface area contributed by atoms with E-state index in [1.54, 1.807) is 0 Å². The number of hydrogen-bond donors (Lipinski definition) is 3. The van der Waals surface area contributed by atoms with Gasteiger partial charge in [-0.1, -0.05) is 56.3 Å². The van der Waals surface area contributed by atoms with Crippen LogP contribution in [0.1, 0.15) is 25.2 Å². The van der Waals surface area contributed by atoms with E-state index in [9.17, 15) is 9.59 Å². The van der Waals surface area contributed by atoms with Crippen molar-refractivity contribution < 1.29 is 14.3 Å². The Bertz CT molecular complexity index is 1040. The number of nitrogens with zero attached hydrogens (tertiary/aromatic N) is 2. The second-order valence-corrected chi connectivity index (χ2v) is 7.42. The van der Waals surface area contributed by atoms with Crippen molar-refractivity contribution in [3.63, 3.8) is 0 Å². The van der Waals surface area contributed by atoms with E-state index in [1.165, 1.54) is 7.11 Å². The summed E-state index contributed by atoms with van der Waals surface area (Å²) in [6.07, 6.45) is 0. The smallest absolute Gasteiger partial charge is 0.328 e. The third-order valence-corrected chi connectivity index (χ3v) is 4.77. The molecular weight excluding hydrogens is 394 g/mol. The molecule has 1 aromatic heterocycles. The number of nitrogens with one attached hydrogen (secondary N) is 3. The largest absolute Gasteiger partial charge is 0.467 e. The highest BCUT2D eigenvalue weighted by atomic mass is 16.5. The van der Waals surface area contributed by atoms with E-state index >= 15 is 0 Å². The second-order valence-electron chi connectivity index (χ2n) is 7.42. The van der Waals surface area contributed by atoms with E-state index < -0.39 is 6.04 Å². The van der Waals surface area contributed by atoms with E-state index in [1.807, 2.05) is 68.4 Å². The standard InChI is InChI=1S/C23H27N5O3/c1-15(2)20(22(29)31-3)28-21-17-11-7-8-12-18(17)26-19(27-21)14-25-23(30)24-13-16-9-5-4-6-10-16/h4-12,15,20H,13-14H2,1-3H3,(H2,24,25,30)(H,26,27,28). The molecule has 0 spiro atoms.